The Kier molecular flexibility index (Phi) is 3.89. The van der Waals surface area contributed by atoms with Crippen LogP contribution < -0.4 is 5.32 Å². The third-order valence-electron chi connectivity index (χ3n) is 3.52. The van der Waals surface area contributed by atoms with Crippen molar-refractivity contribution < 1.29 is 4.79 Å². The van der Waals surface area contributed by atoms with E-state index >= 15 is 0 Å². The van der Waals surface area contributed by atoms with Crippen LogP contribution in [-0.2, 0) is 11.2 Å². The van der Waals surface area contributed by atoms with Crippen LogP contribution in [-0.4, -0.2) is 10.9 Å². The predicted molar refractivity (Wildman–Crippen MR) is 85.0 cm³/mol. The molecule has 1 amide bonds. The molecule has 20 heavy (non-hydrogen) atoms. The molecule has 3 nitrogen and oxygen atoms in total. The second kappa shape index (κ2) is 5.66. The van der Waals surface area contributed by atoms with Crippen molar-refractivity contribution >= 4 is 38.3 Å². The number of thiazole rings is 1. The van der Waals surface area contributed by atoms with Gasteiger partial charge in [-0.2, -0.15) is 0 Å². The van der Waals surface area contributed by atoms with Gasteiger partial charge >= 0.3 is 0 Å². The van der Waals surface area contributed by atoms with E-state index in [1.165, 1.54) is 5.56 Å². The number of nitrogens with zero attached hydrogens (tertiary/aromatic N) is 1. The Morgan fingerprint density at radius 3 is 2.80 bits per heavy atom. The molecular weight excluding hydrogens is 336 g/mol. The highest BCUT2D eigenvalue weighted by atomic mass is 79.9. The Labute approximate surface area is 130 Å². The van der Waals surface area contributed by atoms with E-state index in [4.69, 9.17) is 0 Å². The Morgan fingerprint density at radius 2 is 2.15 bits per heavy atom. The summed E-state index contributed by atoms with van der Waals surface area (Å²) in [6, 6.07) is 8.25. The molecule has 0 aliphatic heterocycles. The predicted octanol–water partition coefficient (Wildman–Crippen LogP) is 4.09. The standard InChI is InChI=1S/C15H15BrN2OS/c1-9-6-13(9)14(19)18-15-17-8-12(20-15)7-10-2-4-11(16)5-3-10/h2-5,8-9,13H,6-7H2,1H3,(H,17,18,19)/t9-,13+/m0/s1. The van der Waals surface area contributed by atoms with Crippen molar-refractivity contribution in [1.29, 1.82) is 0 Å². The fourth-order valence-corrected chi connectivity index (χ4v) is 3.25. The lowest BCUT2D eigenvalue weighted by Crippen LogP contribution is -2.13. The second-order valence-electron chi connectivity index (χ2n) is 5.24. The van der Waals surface area contributed by atoms with Crippen LogP contribution in [0.3, 0.4) is 0 Å². The molecule has 3 rings (SSSR count). The van der Waals surface area contributed by atoms with Crippen molar-refractivity contribution in [1.82, 2.24) is 4.98 Å². The minimum Gasteiger partial charge on any atom is -0.302 e. The summed E-state index contributed by atoms with van der Waals surface area (Å²) in [5.41, 5.74) is 1.24. The molecule has 1 aliphatic carbocycles. The maximum Gasteiger partial charge on any atom is 0.229 e. The van der Waals surface area contributed by atoms with Crippen molar-refractivity contribution in [2.45, 2.75) is 19.8 Å². The van der Waals surface area contributed by atoms with E-state index in [-0.39, 0.29) is 11.8 Å². The van der Waals surface area contributed by atoms with E-state index in [1.807, 2.05) is 18.3 Å². The van der Waals surface area contributed by atoms with E-state index in [2.05, 4.69) is 45.3 Å². The Morgan fingerprint density at radius 1 is 1.45 bits per heavy atom. The molecule has 5 heteroatoms. The normalized spacial score (nSPS) is 20.7. The topological polar surface area (TPSA) is 42.0 Å². The molecule has 0 radical (unpaired) electrons. The van der Waals surface area contributed by atoms with Crippen LogP contribution in [0.2, 0.25) is 0 Å². The van der Waals surface area contributed by atoms with Gasteiger partial charge < -0.3 is 5.32 Å². The fourth-order valence-electron chi connectivity index (χ4n) is 2.14. The van der Waals surface area contributed by atoms with Crippen LogP contribution in [0.1, 0.15) is 23.8 Å². The van der Waals surface area contributed by atoms with Gasteiger partial charge in [-0.1, -0.05) is 35.0 Å². The average molecular weight is 351 g/mol. The summed E-state index contributed by atoms with van der Waals surface area (Å²) >= 11 is 4.98. The molecule has 2 atom stereocenters. The first kappa shape index (κ1) is 13.8. The van der Waals surface area contributed by atoms with Gasteiger partial charge in [0.1, 0.15) is 0 Å². The molecule has 1 heterocycles. The number of nitrogens with one attached hydrogen (secondary N) is 1. The zero-order valence-corrected chi connectivity index (χ0v) is 13.5. The number of carbonyl (C=O) groups excluding carboxylic acids is 1. The van der Waals surface area contributed by atoms with Crippen LogP contribution in [0.5, 0.6) is 0 Å². The molecule has 1 saturated carbocycles. The van der Waals surface area contributed by atoms with E-state index in [0.717, 1.165) is 22.2 Å². The SMILES string of the molecule is C[C@H]1C[C@H]1C(=O)Nc1ncc(Cc2ccc(Br)cc2)s1. The van der Waals surface area contributed by atoms with Gasteiger partial charge in [0, 0.05) is 27.9 Å². The zero-order valence-electron chi connectivity index (χ0n) is 11.1. The lowest BCUT2D eigenvalue weighted by atomic mass is 10.1. The van der Waals surface area contributed by atoms with Gasteiger partial charge in [0.15, 0.2) is 5.13 Å². The molecule has 1 aromatic heterocycles. The van der Waals surface area contributed by atoms with Crippen LogP contribution in [0.25, 0.3) is 0 Å². The number of anilines is 1. The summed E-state index contributed by atoms with van der Waals surface area (Å²) in [5, 5.41) is 3.62. The number of carbonyl (C=O) groups is 1. The van der Waals surface area contributed by atoms with Crippen LogP contribution in [0, 0.1) is 11.8 Å². The lowest BCUT2D eigenvalue weighted by molar-refractivity contribution is -0.117. The largest absolute Gasteiger partial charge is 0.302 e. The third-order valence-corrected chi connectivity index (χ3v) is 4.96. The molecule has 1 fully saturated rings. The molecule has 1 aromatic carbocycles. The molecule has 1 aliphatic rings. The summed E-state index contributed by atoms with van der Waals surface area (Å²) in [6.45, 7) is 2.10. The molecule has 0 unspecified atom stereocenters. The van der Waals surface area contributed by atoms with Crippen molar-refractivity contribution in [3.05, 3.63) is 45.4 Å². The average Bonchev–Trinajstić information content (AvgIpc) is 3.00. The first-order chi connectivity index (χ1) is 9.61. The van der Waals surface area contributed by atoms with Crippen LogP contribution >= 0.6 is 27.3 Å². The smallest absolute Gasteiger partial charge is 0.229 e. The van der Waals surface area contributed by atoms with Gasteiger partial charge in [0.25, 0.3) is 0 Å². The first-order valence-corrected chi connectivity index (χ1v) is 8.23. The van der Waals surface area contributed by atoms with Crippen LogP contribution in [0.4, 0.5) is 5.13 Å². The summed E-state index contributed by atoms with van der Waals surface area (Å²) in [7, 11) is 0. The quantitative estimate of drug-likeness (QED) is 0.902. The van der Waals surface area contributed by atoms with Crippen molar-refractivity contribution in [3.8, 4) is 0 Å². The first-order valence-electron chi connectivity index (χ1n) is 6.62. The monoisotopic (exact) mass is 350 g/mol. The van der Waals surface area contributed by atoms with Crippen molar-refractivity contribution in [2.75, 3.05) is 5.32 Å². The van der Waals surface area contributed by atoms with Gasteiger partial charge in [-0.15, -0.1) is 11.3 Å². The molecule has 0 bridgehead atoms. The highest BCUT2D eigenvalue weighted by Gasteiger charge is 2.39. The summed E-state index contributed by atoms with van der Waals surface area (Å²) < 4.78 is 1.08. The Hall–Kier alpha value is -1.20. The van der Waals surface area contributed by atoms with Gasteiger partial charge in [-0.3, -0.25) is 4.79 Å². The maximum atomic E-state index is 11.8. The molecular formula is C15H15BrN2OS. The highest BCUT2D eigenvalue weighted by molar-refractivity contribution is 9.10. The lowest BCUT2D eigenvalue weighted by Gasteiger charge is -1.99. The number of hydrogen-bond acceptors (Lipinski definition) is 3. The fraction of sp³-hybridized carbons (Fsp3) is 0.333. The Bertz CT molecular complexity index is 623. The van der Waals surface area contributed by atoms with Crippen molar-refractivity contribution in [2.24, 2.45) is 11.8 Å². The number of amides is 1. The van der Waals surface area contributed by atoms with Gasteiger partial charge in [0.2, 0.25) is 5.91 Å². The maximum absolute atomic E-state index is 11.8. The molecule has 2 aromatic rings. The summed E-state index contributed by atoms with van der Waals surface area (Å²) in [4.78, 5) is 17.3. The molecule has 104 valence electrons. The minimum absolute atomic E-state index is 0.113. The van der Waals surface area contributed by atoms with Gasteiger partial charge in [-0.05, 0) is 30.0 Å². The summed E-state index contributed by atoms with van der Waals surface area (Å²) in [6.07, 6.45) is 3.70. The van der Waals surface area contributed by atoms with Crippen molar-refractivity contribution in [3.63, 3.8) is 0 Å². The number of benzene rings is 1. The number of hydrogen-bond donors (Lipinski definition) is 1. The summed E-state index contributed by atoms with van der Waals surface area (Å²) in [5.74, 6) is 0.827. The zero-order chi connectivity index (χ0) is 14.1. The minimum atomic E-state index is 0.113. The van der Waals surface area contributed by atoms with E-state index in [9.17, 15) is 4.79 Å². The second-order valence-corrected chi connectivity index (χ2v) is 7.27. The third kappa shape index (κ3) is 3.27. The number of aromatic nitrogens is 1. The van der Waals surface area contributed by atoms with Gasteiger partial charge in [-0.25, -0.2) is 4.98 Å². The molecule has 0 saturated heterocycles. The van der Waals surface area contributed by atoms with Crippen LogP contribution in [0.15, 0.2) is 34.9 Å². The van der Waals surface area contributed by atoms with E-state index in [0.29, 0.717) is 11.0 Å². The number of rotatable bonds is 4. The van der Waals surface area contributed by atoms with E-state index in [1.54, 1.807) is 11.3 Å². The van der Waals surface area contributed by atoms with Gasteiger partial charge in [0.05, 0.1) is 0 Å². The Balaban J connectivity index is 1.61. The number of halogens is 1. The highest BCUT2D eigenvalue weighted by Crippen LogP contribution is 2.38. The van der Waals surface area contributed by atoms with E-state index < -0.39 is 0 Å². The molecule has 0 spiro atoms. The molecule has 1 N–H and O–H groups in total.